The highest BCUT2D eigenvalue weighted by molar-refractivity contribution is 5.43. The van der Waals surface area contributed by atoms with E-state index in [4.69, 9.17) is 5.73 Å². The Kier molecular flexibility index (Phi) is 4.39. The molecular formula is C14H25N5. The number of piperazine rings is 1. The second-order valence-electron chi connectivity index (χ2n) is 5.56. The summed E-state index contributed by atoms with van der Waals surface area (Å²) in [6, 6.07) is 2.76. The van der Waals surface area contributed by atoms with Gasteiger partial charge in [-0.1, -0.05) is 0 Å². The average Bonchev–Trinajstić information content (AvgIpc) is 2.38. The zero-order valence-corrected chi connectivity index (χ0v) is 12.3. The summed E-state index contributed by atoms with van der Waals surface area (Å²) in [6.07, 6.45) is 1.82. The van der Waals surface area contributed by atoms with Gasteiger partial charge in [-0.15, -0.1) is 0 Å². The number of anilines is 1. The first kappa shape index (κ1) is 14.2. The van der Waals surface area contributed by atoms with Crippen LogP contribution in [0.2, 0.25) is 0 Å². The molecule has 2 rings (SSSR count). The van der Waals surface area contributed by atoms with E-state index < -0.39 is 0 Å². The predicted molar refractivity (Wildman–Crippen MR) is 79.1 cm³/mol. The van der Waals surface area contributed by atoms with Gasteiger partial charge < -0.3 is 16.0 Å². The molecule has 0 aromatic carbocycles. The molecule has 0 spiro atoms. The number of hydrogen-bond acceptors (Lipinski definition) is 5. The average molecular weight is 263 g/mol. The molecule has 1 aromatic heterocycles. The minimum Gasteiger partial charge on any atom is -0.383 e. The highest BCUT2D eigenvalue weighted by atomic mass is 15.3. The molecule has 2 heterocycles. The van der Waals surface area contributed by atoms with E-state index in [0.29, 0.717) is 11.9 Å². The number of aryl methyl sites for hydroxylation is 1. The quantitative estimate of drug-likeness (QED) is 0.830. The van der Waals surface area contributed by atoms with Crippen molar-refractivity contribution in [2.45, 2.75) is 19.0 Å². The van der Waals surface area contributed by atoms with Gasteiger partial charge in [-0.25, -0.2) is 4.98 Å². The Morgan fingerprint density at radius 3 is 2.84 bits per heavy atom. The number of likely N-dealkylation sites (N-methyl/N-ethyl adjacent to an activating group) is 3. The molecule has 0 aliphatic carbocycles. The fourth-order valence-corrected chi connectivity index (χ4v) is 2.81. The largest absolute Gasteiger partial charge is 0.383 e. The van der Waals surface area contributed by atoms with Gasteiger partial charge in [0.05, 0.1) is 6.04 Å². The van der Waals surface area contributed by atoms with Gasteiger partial charge in [-0.3, -0.25) is 4.90 Å². The monoisotopic (exact) mass is 263 g/mol. The van der Waals surface area contributed by atoms with Gasteiger partial charge in [0.2, 0.25) is 0 Å². The molecule has 0 amide bonds. The minimum atomic E-state index is 0.208. The molecule has 1 aliphatic heterocycles. The number of nitrogens with one attached hydrogen (secondary N) is 1. The van der Waals surface area contributed by atoms with E-state index in [9.17, 15) is 0 Å². The maximum absolute atomic E-state index is 6.07. The summed E-state index contributed by atoms with van der Waals surface area (Å²) in [5, 5.41) is 3.42. The molecular weight excluding hydrogens is 238 g/mol. The fraction of sp³-hybridized carbons (Fsp3) is 0.643. The molecule has 1 aliphatic rings. The number of pyridine rings is 1. The minimum absolute atomic E-state index is 0.208. The summed E-state index contributed by atoms with van der Waals surface area (Å²) in [5.74, 6) is 0.631. The van der Waals surface area contributed by atoms with Gasteiger partial charge in [-0.2, -0.15) is 0 Å². The summed E-state index contributed by atoms with van der Waals surface area (Å²) in [5.41, 5.74) is 8.32. The van der Waals surface area contributed by atoms with Crippen LogP contribution in [0.5, 0.6) is 0 Å². The van der Waals surface area contributed by atoms with Crippen molar-refractivity contribution < 1.29 is 0 Å². The van der Waals surface area contributed by atoms with Crippen molar-refractivity contribution in [2.75, 3.05) is 46.5 Å². The molecule has 5 heteroatoms. The summed E-state index contributed by atoms with van der Waals surface area (Å²) < 4.78 is 0. The van der Waals surface area contributed by atoms with E-state index in [1.807, 2.05) is 13.2 Å². The Bertz CT molecular complexity index is 434. The number of rotatable bonds is 3. The zero-order valence-electron chi connectivity index (χ0n) is 12.3. The van der Waals surface area contributed by atoms with Crippen LogP contribution in [-0.4, -0.2) is 61.6 Å². The van der Waals surface area contributed by atoms with Crippen LogP contribution in [-0.2, 0) is 0 Å². The van der Waals surface area contributed by atoms with E-state index in [1.54, 1.807) is 0 Å². The van der Waals surface area contributed by atoms with Crippen LogP contribution in [0.3, 0.4) is 0 Å². The maximum atomic E-state index is 6.07. The van der Waals surface area contributed by atoms with E-state index in [0.717, 1.165) is 30.8 Å². The number of hydrogen-bond donors (Lipinski definition) is 2. The van der Waals surface area contributed by atoms with Gasteiger partial charge in [-0.05, 0) is 39.7 Å². The van der Waals surface area contributed by atoms with E-state index in [2.05, 4.69) is 47.2 Å². The number of nitrogens with zero attached hydrogens (tertiary/aromatic N) is 3. The van der Waals surface area contributed by atoms with Crippen molar-refractivity contribution in [2.24, 2.45) is 0 Å². The predicted octanol–water partition coefficient (Wildman–Crippen LogP) is 0.479. The third-order valence-corrected chi connectivity index (χ3v) is 4.02. The van der Waals surface area contributed by atoms with Crippen molar-refractivity contribution >= 4 is 5.82 Å². The Morgan fingerprint density at radius 1 is 1.42 bits per heavy atom. The third kappa shape index (κ3) is 3.05. The number of nitrogens with two attached hydrogens (primary N) is 1. The van der Waals surface area contributed by atoms with E-state index in [1.165, 1.54) is 0 Å². The molecule has 0 radical (unpaired) electrons. The summed E-state index contributed by atoms with van der Waals surface area (Å²) in [4.78, 5) is 9.07. The number of aromatic nitrogens is 1. The van der Waals surface area contributed by atoms with E-state index >= 15 is 0 Å². The van der Waals surface area contributed by atoms with Crippen LogP contribution in [0.15, 0.2) is 12.3 Å². The Hall–Kier alpha value is -1.17. The highest BCUT2D eigenvalue weighted by Crippen LogP contribution is 2.26. The molecule has 1 saturated heterocycles. The van der Waals surface area contributed by atoms with Crippen LogP contribution in [0.4, 0.5) is 5.82 Å². The summed E-state index contributed by atoms with van der Waals surface area (Å²) >= 11 is 0. The highest BCUT2D eigenvalue weighted by Gasteiger charge is 2.31. The van der Waals surface area contributed by atoms with Gasteiger partial charge in [0.15, 0.2) is 0 Å². The lowest BCUT2D eigenvalue weighted by atomic mass is 9.96. The molecule has 1 aromatic rings. The van der Waals surface area contributed by atoms with Crippen LogP contribution in [0, 0.1) is 6.92 Å². The first-order valence-electron chi connectivity index (χ1n) is 6.81. The van der Waals surface area contributed by atoms with Crippen LogP contribution < -0.4 is 11.1 Å². The van der Waals surface area contributed by atoms with Crippen LogP contribution in [0.25, 0.3) is 0 Å². The Labute approximate surface area is 115 Å². The lowest BCUT2D eigenvalue weighted by Crippen LogP contribution is -2.54. The third-order valence-electron chi connectivity index (χ3n) is 4.02. The Balaban J connectivity index is 2.30. The second-order valence-corrected chi connectivity index (χ2v) is 5.56. The molecule has 0 saturated carbocycles. The normalized spacial score (nSPS) is 23.5. The van der Waals surface area contributed by atoms with Crippen molar-refractivity contribution in [3.63, 3.8) is 0 Å². The van der Waals surface area contributed by atoms with Gasteiger partial charge in [0, 0.05) is 37.4 Å². The molecule has 2 unspecified atom stereocenters. The topological polar surface area (TPSA) is 57.4 Å². The molecule has 1 fully saturated rings. The lowest BCUT2D eigenvalue weighted by molar-refractivity contribution is 0.0898. The van der Waals surface area contributed by atoms with E-state index in [-0.39, 0.29) is 6.04 Å². The van der Waals surface area contributed by atoms with Gasteiger partial charge in [0.25, 0.3) is 0 Å². The van der Waals surface area contributed by atoms with Crippen molar-refractivity contribution in [3.8, 4) is 0 Å². The van der Waals surface area contributed by atoms with Gasteiger partial charge in [0.1, 0.15) is 5.82 Å². The fourth-order valence-electron chi connectivity index (χ4n) is 2.81. The summed E-state index contributed by atoms with van der Waals surface area (Å²) in [6.45, 7) is 5.29. The van der Waals surface area contributed by atoms with Crippen molar-refractivity contribution in [3.05, 3.63) is 23.4 Å². The van der Waals surface area contributed by atoms with Gasteiger partial charge >= 0.3 is 0 Å². The first-order valence-corrected chi connectivity index (χ1v) is 6.81. The lowest BCUT2D eigenvalue weighted by Gasteiger charge is -2.42. The van der Waals surface area contributed by atoms with Crippen LogP contribution >= 0.6 is 0 Å². The SMILES string of the molecule is CNC(c1cc(C)cnc1N)C1CN(C)CCN1C. The van der Waals surface area contributed by atoms with Crippen LogP contribution in [0.1, 0.15) is 17.2 Å². The zero-order chi connectivity index (χ0) is 14.0. The smallest absolute Gasteiger partial charge is 0.128 e. The Morgan fingerprint density at radius 2 is 2.16 bits per heavy atom. The van der Waals surface area contributed by atoms with Crippen molar-refractivity contribution in [1.29, 1.82) is 0 Å². The second kappa shape index (κ2) is 5.86. The molecule has 3 N–H and O–H groups in total. The summed E-state index contributed by atoms with van der Waals surface area (Å²) in [7, 11) is 6.35. The standard InChI is InChI=1S/C14H25N5/c1-10-7-11(14(15)17-8-10)13(16-2)12-9-18(3)5-6-19(12)4/h7-8,12-13,16H,5-6,9H2,1-4H3,(H2,15,17). The first-order chi connectivity index (χ1) is 9.02. The van der Waals surface area contributed by atoms with Crippen molar-refractivity contribution in [1.82, 2.24) is 20.1 Å². The molecule has 2 atom stereocenters. The maximum Gasteiger partial charge on any atom is 0.128 e. The molecule has 106 valence electrons. The number of nitrogen functional groups attached to an aromatic ring is 1. The molecule has 5 nitrogen and oxygen atoms in total. The molecule has 0 bridgehead atoms. The molecule has 19 heavy (non-hydrogen) atoms.